The number of fused-ring (bicyclic) bond motifs is 1. The molecule has 21 heavy (non-hydrogen) atoms. The molecule has 1 aliphatic heterocycles. The molecule has 1 N–H and O–H groups in total. The number of nitrogens with zero attached hydrogens (tertiary/aromatic N) is 1. The van der Waals surface area contributed by atoms with Gasteiger partial charge >= 0.3 is 0 Å². The smallest absolute Gasteiger partial charge is 0.233 e. The van der Waals surface area contributed by atoms with E-state index in [-0.39, 0.29) is 30.2 Å². The van der Waals surface area contributed by atoms with Gasteiger partial charge in [0.05, 0.1) is 31.6 Å². The number of imide groups is 1. The van der Waals surface area contributed by atoms with Crippen molar-refractivity contribution in [3.05, 3.63) is 29.8 Å². The number of carbonyl (C=O) groups is 2. The number of likely N-dealkylation sites (tertiary alicyclic amines) is 1. The van der Waals surface area contributed by atoms with Crippen molar-refractivity contribution in [1.82, 2.24) is 4.90 Å². The highest BCUT2D eigenvalue weighted by molar-refractivity contribution is 6.05. The first-order chi connectivity index (χ1) is 10.1. The Bertz CT molecular complexity index is 549. The Morgan fingerprint density at radius 3 is 2.57 bits per heavy atom. The fourth-order valence-electron chi connectivity index (χ4n) is 3.37. The van der Waals surface area contributed by atoms with Gasteiger partial charge < -0.3 is 9.84 Å². The Labute approximate surface area is 123 Å². The molecule has 0 bridgehead atoms. The van der Waals surface area contributed by atoms with Crippen LogP contribution in [0.4, 0.5) is 0 Å². The van der Waals surface area contributed by atoms with Crippen molar-refractivity contribution in [2.45, 2.75) is 25.4 Å². The number of hydrogen-bond acceptors (Lipinski definition) is 4. The van der Waals surface area contributed by atoms with Gasteiger partial charge in [0.1, 0.15) is 5.75 Å². The number of aliphatic hydroxyl groups excluding tert-OH is 1. The Hall–Kier alpha value is -1.88. The van der Waals surface area contributed by atoms with Crippen LogP contribution in [0.3, 0.4) is 0 Å². The van der Waals surface area contributed by atoms with Crippen molar-refractivity contribution >= 4 is 11.8 Å². The van der Waals surface area contributed by atoms with Crippen molar-refractivity contribution < 1.29 is 19.4 Å². The van der Waals surface area contributed by atoms with Gasteiger partial charge in [-0.15, -0.1) is 0 Å². The summed E-state index contributed by atoms with van der Waals surface area (Å²) in [6, 6.07) is 7.04. The van der Waals surface area contributed by atoms with E-state index in [1.807, 2.05) is 0 Å². The molecule has 0 radical (unpaired) electrons. The predicted molar refractivity (Wildman–Crippen MR) is 75.5 cm³/mol. The number of rotatable bonds is 4. The van der Waals surface area contributed by atoms with Gasteiger partial charge in [-0.1, -0.05) is 18.6 Å². The van der Waals surface area contributed by atoms with E-state index >= 15 is 0 Å². The van der Waals surface area contributed by atoms with E-state index < -0.39 is 6.10 Å². The third-order valence-corrected chi connectivity index (χ3v) is 4.52. The molecule has 1 aliphatic carbocycles. The molecule has 1 saturated heterocycles. The lowest BCUT2D eigenvalue weighted by Crippen LogP contribution is -2.35. The molecule has 5 heteroatoms. The average Bonchev–Trinajstić information content (AvgIpc) is 3.07. The van der Waals surface area contributed by atoms with E-state index in [1.165, 1.54) is 4.90 Å². The second-order valence-corrected chi connectivity index (χ2v) is 5.72. The molecule has 2 aliphatic rings. The van der Waals surface area contributed by atoms with Gasteiger partial charge in [0.15, 0.2) is 0 Å². The highest BCUT2D eigenvalue weighted by atomic mass is 16.5. The fourth-order valence-corrected chi connectivity index (χ4v) is 3.37. The van der Waals surface area contributed by atoms with Crippen LogP contribution < -0.4 is 4.74 Å². The molecule has 5 nitrogen and oxygen atoms in total. The normalized spacial score (nSPS) is 26.1. The molecule has 112 valence electrons. The van der Waals surface area contributed by atoms with Gasteiger partial charge in [0, 0.05) is 0 Å². The zero-order valence-corrected chi connectivity index (χ0v) is 12.0. The van der Waals surface area contributed by atoms with Crippen molar-refractivity contribution in [3.8, 4) is 5.75 Å². The fraction of sp³-hybridized carbons (Fsp3) is 0.500. The van der Waals surface area contributed by atoms with Crippen LogP contribution >= 0.6 is 0 Å². The molecule has 2 amide bonds. The monoisotopic (exact) mass is 289 g/mol. The number of amides is 2. The lowest BCUT2D eigenvalue weighted by molar-refractivity contribution is -0.142. The minimum atomic E-state index is -0.883. The highest BCUT2D eigenvalue weighted by Gasteiger charge is 2.49. The summed E-state index contributed by atoms with van der Waals surface area (Å²) in [4.78, 5) is 25.7. The number of hydrogen-bond donors (Lipinski definition) is 1. The number of carbonyl (C=O) groups excluding carboxylic acids is 2. The average molecular weight is 289 g/mol. The Morgan fingerprint density at radius 2 is 1.95 bits per heavy atom. The minimum absolute atomic E-state index is 0.0256. The summed E-state index contributed by atoms with van der Waals surface area (Å²) in [5.74, 6) is 0.0846. The SMILES string of the molecule is COc1cccc(C(O)CN2C(=O)C3CCCC3C2=O)c1. The summed E-state index contributed by atoms with van der Waals surface area (Å²) in [6.45, 7) is 0.0256. The van der Waals surface area contributed by atoms with E-state index in [9.17, 15) is 14.7 Å². The Morgan fingerprint density at radius 1 is 1.29 bits per heavy atom. The standard InChI is InChI=1S/C16H19NO4/c1-21-11-5-2-4-10(8-11)14(18)9-17-15(19)12-6-3-7-13(12)16(17)20/h2,4-5,8,12-14,18H,3,6-7,9H2,1H3. The second-order valence-electron chi connectivity index (χ2n) is 5.72. The van der Waals surface area contributed by atoms with E-state index in [1.54, 1.807) is 31.4 Å². The first-order valence-electron chi connectivity index (χ1n) is 7.29. The summed E-state index contributed by atoms with van der Waals surface area (Å²) >= 11 is 0. The summed E-state index contributed by atoms with van der Waals surface area (Å²) < 4.78 is 5.12. The molecule has 1 aromatic carbocycles. The van der Waals surface area contributed by atoms with E-state index in [4.69, 9.17) is 4.74 Å². The Kier molecular flexibility index (Phi) is 3.68. The van der Waals surface area contributed by atoms with Crippen LogP contribution in [-0.2, 0) is 9.59 Å². The molecule has 3 unspecified atom stereocenters. The topological polar surface area (TPSA) is 66.8 Å². The summed E-state index contributed by atoms with van der Waals surface area (Å²) in [5.41, 5.74) is 0.645. The van der Waals surface area contributed by atoms with Gasteiger partial charge in [-0.05, 0) is 30.5 Å². The van der Waals surface area contributed by atoms with Gasteiger partial charge in [-0.2, -0.15) is 0 Å². The molecule has 3 rings (SSSR count). The van der Waals surface area contributed by atoms with Crippen LogP contribution in [0.2, 0.25) is 0 Å². The molecule has 1 aromatic rings. The van der Waals surface area contributed by atoms with Crippen LogP contribution in [0.5, 0.6) is 5.75 Å². The third-order valence-electron chi connectivity index (χ3n) is 4.52. The molecule has 0 aromatic heterocycles. The van der Waals surface area contributed by atoms with Crippen LogP contribution in [0.15, 0.2) is 24.3 Å². The first-order valence-corrected chi connectivity index (χ1v) is 7.29. The van der Waals surface area contributed by atoms with Crippen molar-refractivity contribution in [2.24, 2.45) is 11.8 Å². The van der Waals surface area contributed by atoms with Gasteiger partial charge in [-0.25, -0.2) is 0 Å². The third kappa shape index (κ3) is 2.42. The second kappa shape index (κ2) is 5.48. The number of methoxy groups -OCH3 is 1. The van der Waals surface area contributed by atoms with Crippen molar-refractivity contribution in [2.75, 3.05) is 13.7 Å². The summed E-state index contributed by atoms with van der Waals surface area (Å²) in [7, 11) is 1.56. The summed E-state index contributed by atoms with van der Waals surface area (Å²) in [6.07, 6.45) is 1.65. The van der Waals surface area contributed by atoms with Crippen molar-refractivity contribution in [3.63, 3.8) is 0 Å². The van der Waals surface area contributed by atoms with Gasteiger partial charge in [0.2, 0.25) is 11.8 Å². The van der Waals surface area contributed by atoms with Crippen molar-refractivity contribution in [1.29, 1.82) is 0 Å². The van der Waals surface area contributed by atoms with Crippen LogP contribution in [0.25, 0.3) is 0 Å². The molecular formula is C16H19NO4. The quantitative estimate of drug-likeness (QED) is 0.853. The van der Waals surface area contributed by atoms with Gasteiger partial charge in [-0.3, -0.25) is 14.5 Å². The number of β-amino-alcohol motifs (C(OH)–C–C–N with tert-alkyl or cyclic N) is 1. The molecule has 3 atom stereocenters. The first kappa shape index (κ1) is 14.1. The largest absolute Gasteiger partial charge is 0.497 e. The lowest BCUT2D eigenvalue weighted by Gasteiger charge is -2.20. The predicted octanol–water partition coefficient (Wildman–Crippen LogP) is 1.51. The van der Waals surface area contributed by atoms with E-state index in [0.717, 1.165) is 19.3 Å². The number of ether oxygens (including phenoxy) is 1. The number of aliphatic hydroxyl groups is 1. The molecule has 2 fully saturated rings. The zero-order chi connectivity index (χ0) is 15.0. The lowest BCUT2D eigenvalue weighted by atomic mass is 10.00. The minimum Gasteiger partial charge on any atom is -0.497 e. The molecule has 1 saturated carbocycles. The maximum Gasteiger partial charge on any atom is 0.233 e. The maximum absolute atomic E-state index is 12.3. The van der Waals surface area contributed by atoms with E-state index in [2.05, 4.69) is 0 Å². The molecule has 1 heterocycles. The summed E-state index contributed by atoms with van der Waals surface area (Å²) in [5, 5.41) is 10.3. The van der Waals surface area contributed by atoms with Crippen LogP contribution in [0, 0.1) is 11.8 Å². The van der Waals surface area contributed by atoms with Gasteiger partial charge in [0.25, 0.3) is 0 Å². The van der Waals surface area contributed by atoms with Crippen LogP contribution in [-0.4, -0.2) is 35.5 Å². The Balaban J connectivity index is 1.74. The van der Waals surface area contributed by atoms with Crippen LogP contribution in [0.1, 0.15) is 30.9 Å². The molecule has 0 spiro atoms. The number of benzene rings is 1. The highest BCUT2D eigenvalue weighted by Crippen LogP contribution is 2.40. The van der Waals surface area contributed by atoms with E-state index in [0.29, 0.717) is 11.3 Å². The zero-order valence-electron chi connectivity index (χ0n) is 12.0. The molecular weight excluding hydrogens is 270 g/mol. The maximum atomic E-state index is 12.3.